The van der Waals surface area contributed by atoms with Crippen molar-refractivity contribution < 1.29 is 35.8 Å². The van der Waals surface area contributed by atoms with Crippen LogP contribution in [-0.2, 0) is 37.9 Å². The number of benzene rings is 4. The summed E-state index contributed by atoms with van der Waals surface area (Å²) >= 11 is 0. The van der Waals surface area contributed by atoms with E-state index in [4.69, 9.17) is 14.2 Å². The number of rotatable bonds is 6. The zero-order chi connectivity index (χ0) is 40.2. The molecule has 4 aromatic carbocycles. The maximum atomic E-state index is 12.8. The van der Waals surface area contributed by atoms with Crippen LogP contribution in [0.15, 0.2) is 97.1 Å². The van der Waals surface area contributed by atoms with Crippen molar-refractivity contribution in [2.75, 3.05) is 82.6 Å². The molecule has 4 aromatic rings. The van der Waals surface area contributed by atoms with Gasteiger partial charge in [0.25, 0.3) is 20.0 Å². The zero-order valence-corrected chi connectivity index (χ0v) is 35.4. The van der Waals surface area contributed by atoms with Crippen LogP contribution in [0.3, 0.4) is 0 Å². The van der Waals surface area contributed by atoms with Gasteiger partial charge in [-0.2, -0.15) is 0 Å². The lowest BCUT2D eigenvalue weighted by Gasteiger charge is -2.39. The highest BCUT2D eigenvalue weighted by Crippen LogP contribution is 2.44. The van der Waals surface area contributed by atoms with Crippen LogP contribution in [0.2, 0.25) is 0 Å². The van der Waals surface area contributed by atoms with Crippen molar-refractivity contribution in [1.82, 2.24) is 10.2 Å². The van der Waals surface area contributed by atoms with E-state index in [1.54, 1.807) is 11.0 Å². The first kappa shape index (κ1) is 42.7. The topological polar surface area (TPSA) is 141 Å². The number of carbonyl (C=O) groups is 1. The number of piperazine rings is 2. The lowest BCUT2D eigenvalue weighted by atomic mass is 10.1. The summed E-state index contributed by atoms with van der Waals surface area (Å²) in [6.07, 6.45) is -0.316. The number of halogens is 1. The summed E-state index contributed by atoms with van der Waals surface area (Å²) in [6, 6.07) is 30.4. The molecule has 14 nitrogen and oxygen atoms in total. The molecule has 4 aliphatic heterocycles. The molecule has 0 atom stereocenters. The summed E-state index contributed by atoms with van der Waals surface area (Å²) in [5.41, 5.74) is 4.27. The Bertz CT molecular complexity index is 2250. The molecule has 17 heteroatoms. The van der Waals surface area contributed by atoms with Crippen molar-refractivity contribution >= 4 is 61.3 Å². The Morgan fingerprint density at radius 3 is 1.45 bits per heavy atom. The van der Waals surface area contributed by atoms with Crippen molar-refractivity contribution in [1.29, 1.82) is 0 Å². The largest absolute Gasteiger partial charge is 0.471 e. The van der Waals surface area contributed by atoms with E-state index in [9.17, 15) is 21.6 Å². The van der Waals surface area contributed by atoms with E-state index >= 15 is 0 Å². The van der Waals surface area contributed by atoms with Gasteiger partial charge in [-0.1, -0.05) is 72.8 Å². The Kier molecular flexibility index (Phi) is 13.2. The smallest absolute Gasteiger partial charge is 0.410 e. The Morgan fingerprint density at radius 1 is 0.603 bits per heavy atom. The van der Waals surface area contributed by atoms with E-state index in [1.165, 1.54) is 8.61 Å². The molecule has 0 radical (unpaired) electrons. The molecule has 4 heterocycles. The fourth-order valence-electron chi connectivity index (χ4n) is 7.13. The van der Waals surface area contributed by atoms with Gasteiger partial charge in [0.1, 0.15) is 5.60 Å². The minimum absolute atomic E-state index is 0. The second-order valence-electron chi connectivity index (χ2n) is 15.2. The molecule has 2 saturated heterocycles. The molecule has 0 aliphatic carbocycles. The lowest BCUT2D eigenvalue weighted by Crippen LogP contribution is -2.50. The van der Waals surface area contributed by atoms with Gasteiger partial charge in [0.15, 0.2) is 11.5 Å². The van der Waals surface area contributed by atoms with Gasteiger partial charge in [-0.15, -0.1) is 12.4 Å². The van der Waals surface area contributed by atoms with Gasteiger partial charge in [-0.05, 0) is 56.2 Å². The number of amides is 1. The molecule has 0 unspecified atom stereocenters. The summed E-state index contributed by atoms with van der Waals surface area (Å²) in [6.45, 7) is 11.9. The molecule has 0 spiro atoms. The van der Waals surface area contributed by atoms with Gasteiger partial charge in [0.2, 0.25) is 11.9 Å². The maximum Gasteiger partial charge on any atom is 0.410 e. The monoisotopic (exact) mass is 854 g/mol. The second-order valence-corrected chi connectivity index (χ2v) is 18.9. The van der Waals surface area contributed by atoms with Crippen LogP contribution in [0.4, 0.5) is 27.5 Å². The van der Waals surface area contributed by atoms with E-state index in [0.29, 0.717) is 55.6 Å². The number of nitrogens with zero attached hydrogens (tertiary/aromatic N) is 5. The van der Waals surface area contributed by atoms with Crippen LogP contribution in [-0.4, -0.2) is 97.7 Å². The van der Waals surface area contributed by atoms with Crippen LogP contribution in [0.25, 0.3) is 0 Å². The zero-order valence-electron chi connectivity index (χ0n) is 32.9. The number of carbonyl (C=O) groups excluding carboxylic acids is 1. The molecular formula is C41H51ClN6O8S2. The van der Waals surface area contributed by atoms with E-state index < -0.39 is 31.6 Å². The summed E-state index contributed by atoms with van der Waals surface area (Å²) < 4.78 is 70.6. The highest BCUT2D eigenvalue weighted by Gasteiger charge is 2.36. The summed E-state index contributed by atoms with van der Waals surface area (Å²) in [7, 11) is -7.10. The molecule has 4 aliphatic rings. The van der Waals surface area contributed by atoms with Gasteiger partial charge in [-0.25, -0.2) is 21.6 Å². The Labute approximate surface area is 347 Å². The summed E-state index contributed by atoms with van der Waals surface area (Å²) in [5.74, 6) is 0.497. The SMILES string of the molecule is CC(C)(C)OC(=O)N1CCN(c2cccc3c2OCS(=O)(=O)N3Cc2ccccc2)CC1.Cl.O=S1(=O)COc2c(N3CCNCC3)cccc2N1Cc1ccccc1. The fraction of sp³-hybridized carbons (Fsp3) is 0.390. The minimum Gasteiger partial charge on any atom is -0.471 e. The van der Waals surface area contributed by atoms with Crippen molar-refractivity contribution in [3.8, 4) is 11.5 Å². The molecule has 2 fully saturated rings. The molecule has 312 valence electrons. The van der Waals surface area contributed by atoms with Crippen molar-refractivity contribution in [3.63, 3.8) is 0 Å². The number of fused-ring (bicyclic) bond motifs is 2. The summed E-state index contributed by atoms with van der Waals surface area (Å²) in [4.78, 5) is 18.4. The van der Waals surface area contributed by atoms with Crippen LogP contribution in [0.5, 0.6) is 11.5 Å². The van der Waals surface area contributed by atoms with Gasteiger partial charge in [-0.3, -0.25) is 8.61 Å². The van der Waals surface area contributed by atoms with Crippen molar-refractivity contribution in [3.05, 3.63) is 108 Å². The summed E-state index contributed by atoms with van der Waals surface area (Å²) in [5, 5.41) is 3.33. The normalized spacial score (nSPS) is 18.2. The van der Waals surface area contributed by atoms with Gasteiger partial charge < -0.3 is 34.2 Å². The average molecular weight is 855 g/mol. The number of para-hydroxylation sites is 2. The molecule has 0 aromatic heterocycles. The number of hydrogen-bond acceptors (Lipinski definition) is 11. The van der Waals surface area contributed by atoms with E-state index in [0.717, 1.165) is 48.7 Å². The number of ether oxygens (including phenoxy) is 3. The van der Waals surface area contributed by atoms with Crippen LogP contribution in [0, 0.1) is 0 Å². The van der Waals surface area contributed by atoms with Crippen LogP contribution in [0.1, 0.15) is 31.9 Å². The first-order valence-corrected chi connectivity index (χ1v) is 22.3. The first-order valence-electron chi connectivity index (χ1n) is 19.1. The first-order chi connectivity index (χ1) is 27.3. The Hall–Kier alpha value is -4.90. The molecule has 0 saturated carbocycles. The maximum absolute atomic E-state index is 12.8. The van der Waals surface area contributed by atoms with Crippen LogP contribution < -0.4 is 33.2 Å². The van der Waals surface area contributed by atoms with Gasteiger partial charge in [0, 0.05) is 52.4 Å². The molecule has 1 N–H and O–H groups in total. The number of hydrogen-bond donors (Lipinski definition) is 1. The average Bonchev–Trinajstić information content (AvgIpc) is 3.20. The fourth-order valence-corrected chi connectivity index (χ4v) is 9.50. The lowest BCUT2D eigenvalue weighted by molar-refractivity contribution is 0.0240. The van der Waals surface area contributed by atoms with E-state index in [2.05, 4.69) is 15.1 Å². The predicted molar refractivity (Wildman–Crippen MR) is 229 cm³/mol. The Balaban J connectivity index is 0.000000198. The highest BCUT2D eigenvalue weighted by molar-refractivity contribution is 7.93. The molecule has 0 bridgehead atoms. The predicted octanol–water partition coefficient (Wildman–Crippen LogP) is 5.63. The third-order valence-corrected chi connectivity index (χ3v) is 12.8. The molecule has 1 amide bonds. The third kappa shape index (κ3) is 9.85. The minimum atomic E-state index is -3.60. The number of anilines is 4. The van der Waals surface area contributed by atoms with E-state index in [1.807, 2.05) is 112 Å². The second kappa shape index (κ2) is 17.9. The Morgan fingerprint density at radius 2 is 1.02 bits per heavy atom. The molecular weight excluding hydrogens is 804 g/mol. The number of nitrogens with one attached hydrogen (secondary N) is 1. The highest BCUT2D eigenvalue weighted by atomic mass is 35.5. The van der Waals surface area contributed by atoms with Crippen molar-refractivity contribution in [2.45, 2.75) is 39.5 Å². The molecule has 58 heavy (non-hydrogen) atoms. The standard InChI is InChI=1S/C23H29N3O5S.C18H21N3O3S.ClH/c1-23(2,3)31-22(27)25-14-12-24(13-15-25)19-10-7-11-20-21(19)30-17-32(28,29)26(20)16-18-8-5-4-6-9-18;22-25(23)14-24-18-16(20-11-9-19-10-12-20)7-4-8-17(18)21(25)13-15-5-2-1-3-6-15;/h4-11H,12-17H2,1-3H3;1-8,19H,9-14H2;1H. The van der Waals surface area contributed by atoms with Crippen LogP contribution >= 0.6 is 12.4 Å². The van der Waals surface area contributed by atoms with Crippen molar-refractivity contribution in [2.24, 2.45) is 0 Å². The quantitative estimate of drug-likeness (QED) is 0.258. The third-order valence-electron chi connectivity index (χ3n) is 9.93. The van der Waals surface area contributed by atoms with E-state index in [-0.39, 0.29) is 31.0 Å². The van der Waals surface area contributed by atoms with Gasteiger partial charge in [0.05, 0.1) is 35.8 Å². The number of sulfonamides is 2. The van der Waals surface area contributed by atoms with Gasteiger partial charge >= 0.3 is 6.09 Å². The molecule has 8 rings (SSSR count).